The van der Waals surface area contributed by atoms with Gasteiger partial charge in [0.1, 0.15) is 17.4 Å². The molecule has 0 amide bonds. The Balaban J connectivity index is 1.80. The van der Waals surface area contributed by atoms with E-state index < -0.39 is 0 Å². The number of benzene rings is 2. The molecule has 0 saturated heterocycles. The summed E-state index contributed by atoms with van der Waals surface area (Å²) in [7, 11) is 0. The summed E-state index contributed by atoms with van der Waals surface area (Å²) in [6, 6.07) is 14.1. The second-order valence-corrected chi connectivity index (χ2v) is 4.46. The molecular weight excluding hydrogens is 226 g/mol. The third-order valence-corrected chi connectivity index (χ3v) is 3.39. The summed E-state index contributed by atoms with van der Waals surface area (Å²) in [6.07, 6.45) is 2.41. The first-order valence-corrected chi connectivity index (χ1v) is 5.98. The van der Waals surface area contributed by atoms with Gasteiger partial charge in [0.2, 0.25) is 0 Å². The van der Waals surface area contributed by atoms with E-state index >= 15 is 0 Å². The molecule has 0 spiro atoms. The van der Waals surface area contributed by atoms with Crippen molar-refractivity contribution in [3.05, 3.63) is 60.0 Å². The Labute approximate surface area is 104 Å². The first-order valence-electron chi connectivity index (χ1n) is 5.98. The van der Waals surface area contributed by atoms with Crippen molar-refractivity contribution in [3.8, 4) is 5.75 Å². The summed E-state index contributed by atoms with van der Waals surface area (Å²) in [4.78, 5) is 4.28. The van der Waals surface area contributed by atoms with Gasteiger partial charge in [-0.2, -0.15) is 0 Å². The van der Waals surface area contributed by atoms with Crippen molar-refractivity contribution in [1.82, 2.24) is 4.98 Å². The standard InChI is InChI=1S/C15H11NO2/c1-2-6-12-10(4-1)8-14(18-12)11-5-3-7-13-15(11)16-9-17-13/h1-7,9,14H,8H2. The second-order valence-electron chi connectivity index (χ2n) is 4.46. The average molecular weight is 237 g/mol. The fourth-order valence-electron chi connectivity index (χ4n) is 2.52. The molecule has 3 nitrogen and oxygen atoms in total. The molecule has 2 aromatic carbocycles. The van der Waals surface area contributed by atoms with Gasteiger partial charge >= 0.3 is 0 Å². The first-order chi connectivity index (χ1) is 8.92. The molecule has 88 valence electrons. The molecule has 1 aromatic heterocycles. The molecule has 0 aliphatic carbocycles. The predicted octanol–water partition coefficient (Wildman–Crippen LogP) is 3.50. The summed E-state index contributed by atoms with van der Waals surface area (Å²) in [5, 5.41) is 0. The van der Waals surface area contributed by atoms with Crippen LogP contribution < -0.4 is 4.74 Å². The number of aromatic nitrogens is 1. The van der Waals surface area contributed by atoms with E-state index in [9.17, 15) is 0 Å². The van der Waals surface area contributed by atoms with Gasteiger partial charge in [-0.05, 0) is 17.7 Å². The molecule has 0 fully saturated rings. The highest BCUT2D eigenvalue weighted by Gasteiger charge is 2.26. The van der Waals surface area contributed by atoms with Crippen molar-refractivity contribution in [2.75, 3.05) is 0 Å². The van der Waals surface area contributed by atoms with Crippen LogP contribution in [0.2, 0.25) is 0 Å². The summed E-state index contributed by atoms with van der Waals surface area (Å²) >= 11 is 0. The zero-order valence-electron chi connectivity index (χ0n) is 9.67. The Morgan fingerprint density at radius 1 is 1.06 bits per heavy atom. The van der Waals surface area contributed by atoms with Crippen LogP contribution in [0.3, 0.4) is 0 Å². The van der Waals surface area contributed by atoms with Crippen LogP contribution in [0, 0.1) is 0 Å². The highest BCUT2D eigenvalue weighted by Crippen LogP contribution is 2.38. The van der Waals surface area contributed by atoms with E-state index in [2.05, 4.69) is 17.1 Å². The van der Waals surface area contributed by atoms with Gasteiger partial charge in [0.05, 0.1) is 0 Å². The minimum Gasteiger partial charge on any atom is -0.485 e. The van der Waals surface area contributed by atoms with E-state index in [0.29, 0.717) is 0 Å². The van der Waals surface area contributed by atoms with Crippen LogP contribution >= 0.6 is 0 Å². The molecule has 4 rings (SSSR count). The van der Waals surface area contributed by atoms with Crippen LogP contribution in [-0.2, 0) is 6.42 Å². The molecule has 2 heterocycles. The molecule has 0 saturated carbocycles. The normalized spacial score (nSPS) is 17.7. The Morgan fingerprint density at radius 3 is 2.94 bits per heavy atom. The van der Waals surface area contributed by atoms with Crippen molar-refractivity contribution in [2.45, 2.75) is 12.5 Å². The Bertz CT molecular complexity index is 692. The van der Waals surface area contributed by atoms with E-state index in [1.54, 1.807) is 0 Å². The number of para-hydroxylation sites is 2. The topological polar surface area (TPSA) is 35.3 Å². The Morgan fingerprint density at radius 2 is 2.00 bits per heavy atom. The zero-order valence-corrected chi connectivity index (χ0v) is 9.67. The average Bonchev–Trinajstić information content (AvgIpc) is 3.04. The molecule has 0 radical (unpaired) electrons. The van der Waals surface area contributed by atoms with E-state index in [1.165, 1.54) is 12.0 Å². The second kappa shape index (κ2) is 3.60. The van der Waals surface area contributed by atoms with Crippen molar-refractivity contribution < 1.29 is 9.15 Å². The van der Waals surface area contributed by atoms with Crippen LogP contribution in [-0.4, -0.2) is 4.98 Å². The lowest BCUT2D eigenvalue weighted by molar-refractivity contribution is 0.240. The molecule has 1 unspecified atom stereocenters. The van der Waals surface area contributed by atoms with Crippen molar-refractivity contribution in [3.63, 3.8) is 0 Å². The van der Waals surface area contributed by atoms with Gasteiger partial charge in [-0.25, -0.2) is 4.98 Å². The minimum atomic E-state index is 0.0381. The summed E-state index contributed by atoms with van der Waals surface area (Å²) < 4.78 is 11.3. The van der Waals surface area contributed by atoms with Gasteiger partial charge in [0.25, 0.3) is 0 Å². The minimum absolute atomic E-state index is 0.0381. The first kappa shape index (κ1) is 9.71. The van der Waals surface area contributed by atoms with Gasteiger partial charge in [-0.1, -0.05) is 30.3 Å². The molecule has 1 atom stereocenters. The molecule has 0 bridgehead atoms. The van der Waals surface area contributed by atoms with Crippen molar-refractivity contribution in [2.24, 2.45) is 0 Å². The molecule has 1 aliphatic rings. The van der Waals surface area contributed by atoms with E-state index in [0.717, 1.165) is 28.8 Å². The summed E-state index contributed by atoms with van der Waals surface area (Å²) in [6.45, 7) is 0. The van der Waals surface area contributed by atoms with Crippen LogP contribution in [0.5, 0.6) is 5.75 Å². The molecule has 1 aliphatic heterocycles. The number of rotatable bonds is 1. The number of oxazole rings is 1. The molecule has 3 heteroatoms. The largest absolute Gasteiger partial charge is 0.485 e. The fourth-order valence-corrected chi connectivity index (χ4v) is 2.52. The fraction of sp³-hybridized carbons (Fsp3) is 0.133. The number of nitrogens with zero attached hydrogens (tertiary/aromatic N) is 1. The van der Waals surface area contributed by atoms with E-state index in [4.69, 9.17) is 9.15 Å². The van der Waals surface area contributed by atoms with Gasteiger partial charge in [0, 0.05) is 12.0 Å². The van der Waals surface area contributed by atoms with Crippen molar-refractivity contribution in [1.29, 1.82) is 0 Å². The van der Waals surface area contributed by atoms with Crippen molar-refractivity contribution >= 4 is 11.1 Å². The maximum atomic E-state index is 5.99. The Hall–Kier alpha value is -2.29. The summed E-state index contributed by atoms with van der Waals surface area (Å²) in [5.74, 6) is 0.975. The maximum Gasteiger partial charge on any atom is 0.181 e. The molecule has 0 N–H and O–H groups in total. The monoisotopic (exact) mass is 237 g/mol. The Kier molecular flexibility index (Phi) is 1.94. The third-order valence-electron chi connectivity index (χ3n) is 3.39. The lowest BCUT2D eigenvalue weighted by Gasteiger charge is -2.10. The van der Waals surface area contributed by atoms with Gasteiger partial charge in [-0.15, -0.1) is 0 Å². The number of fused-ring (bicyclic) bond motifs is 2. The number of hydrogen-bond donors (Lipinski definition) is 0. The van der Waals surface area contributed by atoms with Crippen LogP contribution in [0.4, 0.5) is 0 Å². The highest BCUT2D eigenvalue weighted by molar-refractivity contribution is 5.76. The van der Waals surface area contributed by atoms with Crippen LogP contribution in [0.1, 0.15) is 17.2 Å². The lowest BCUT2D eigenvalue weighted by Crippen LogP contribution is -2.03. The van der Waals surface area contributed by atoms with E-state index in [1.807, 2.05) is 30.3 Å². The van der Waals surface area contributed by atoms with Gasteiger partial charge < -0.3 is 9.15 Å². The lowest BCUT2D eigenvalue weighted by atomic mass is 10.0. The van der Waals surface area contributed by atoms with Gasteiger partial charge in [-0.3, -0.25) is 0 Å². The number of ether oxygens (including phenoxy) is 1. The van der Waals surface area contributed by atoms with Crippen LogP contribution in [0.25, 0.3) is 11.1 Å². The zero-order chi connectivity index (χ0) is 11.9. The quantitative estimate of drug-likeness (QED) is 0.649. The van der Waals surface area contributed by atoms with E-state index in [-0.39, 0.29) is 6.10 Å². The molecule has 3 aromatic rings. The van der Waals surface area contributed by atoms with Gasteiger partial charge in [0.15, 0.2) is 12.0 Å². The summed E-state index contributed by atoms with van der Waals surface area (Å²) in [5.41, 5.74) is 4.06. The molecule has 18 heavy (non-hydrogen) atoms. The predicted molar refractivity (Wildman–Crippen MR) is 67.5 cm³/mol. The SMILES string of the molecule is c1ccc2c(c1)CC(c1cccc3ocnc13)O2. The van der Waals surface area contributed by atoms with Crippen LogP contribution in [0.15, 0.2) is 53.3 Å². The smallest absolute Gasteiger partial charge is 0.181 e. The maximum absolute atomic E-state index is 5.99. The molecular formula is C15H11NO2. The number of hydrogen-bond acceptors (Lipinski definition) is 3. The third kappa shape index (κ3) is 1.34. The highest BCUT2D eigenvalue weighted by atomic mass is 16.5.